The van der Waals surface area contributed by atoms with E-state index >= 15 is 0 Å². The number of para-hydroxylation sites is 3. The minimum absolute atomic E-state index is 0.108. The van der Waals surface area contributed by atoms with Crippen molar-refractivity contribution < 1.29 is 15.3 Å². The van der Waals surface area contributed by atoms with Crippen molar-refractivity contribution in [3.05, 3.63) is 121 Å². The third-order valence-corrected chi connectivity index (χ3v) is 6.56. The molecule has 0 aliphatic rings. The summed E-state index contributed by atoms with van der Waals surface area (Å²) in [5, 5.41) is 31.2. The molecule has 4 aromatic rings. The van der Waals surface area contributed by atoms with E-state index in [9.17, 15) is 29.7 Å². The Labute approximate surface area is 206 Å². The van der Waals surface area contributed by atoms with Crippen LogP contribution in [0.5, 0.6) is 17.2 Å². The fraction of sp³-hybridized carbons (Fsp3) is 0.222. The molecule has 0 aliphatic heterocycles. The lowest BCUT2D eigenvalue weighted by Crippen LogP contribution is -2.57. The van der Waals surface area contributed by atoms with Crippen molar-refractivity contribution in [2.24, 2.45) is 0 Å². The van der Waals surface area contributed by atoms with Gasteiger partial charge in [-0.3, -0.25) is 0 Å². The smallest absolute Gasteiger partial charge is 0.337 e. The van der Waals surface area contributed by atoms with Gasteiger partial charge in [-0.25, -0.2) is 28.1 Å². The van der Waals surface area contributed by atoms with Crippen LogP contribution in [0.3, 0.4) is 0 Å². The first-order valence-corrected chi connectivity index (χ1v) is 11.5. The first-order chi connectivity index (χ1) is 17.1. The summed E-state index contributed by atoms with van der Waals surface area (Å²) in [6, 6.07) is 16.2. The van der Waals surface area contributed by atoms with Gasteiger partial charge in [0.1, 0.15) is 17.2 Å². The van der Waals surface area contributed by atoms with E-state index in [-0.39, 0.29) is 17.2 Å². The Bertz CT molecular complexity index is 1380. The molecule has 3 atom stereocenters. The topological polar surface area (TPSA) is 127 Å². The Hall–Kier alpha value is -4.53. The summed E-state index contributed by atoms with van der Waals surface area (Å²) >= 11 is 0. The van der Waals surface area contributed by atoms with Crippen molar-refractivity contribution in [2.75, 3.05) is 0 Å². The molecule has 0 aliphatic carbocycles. The van der Waals surface area contributed by atoms with Crippen LogP contribution in [0.1, 0.15) is 55.6 Å². The molecule has 1 aromatic heterocycles. The molecule has 186 valence electrons. The molecule has 3 N–H and O–H groups in total. The lowest BCUT2D eigenvalue weighted by Gasteiger charge is -2.25. The quantitative estimate of drug-likeness (QED) is 0.382. The van der Waals surface area contributed by atoms with Gasteiger partial charge in [-0.15, -0.1) is 0 Å². The number of phenols is 3. The molecule has 0 saturated carbocycles. The van der Waals surface area contributed by atoms with Crippen molar-refractivity contribution in [1.29, 1.82) is 0 Å². The molecule has 0 fully saturated rings. The van der Waals surface area contributed by atoms with Gasteiger partial charge < -0.3 is 15.3 Å². The van der Waals surface area contributed by atoms with Crippen molar-refractivity contribution >= 4 is 0 Å². The number of hydrogen-bond acceptors (Lipinski definition) is 6. The molecular weight excluding hydrogens is 462 g/mol. The van der Waals surface area contributed by atoms with Crippen LogP contribution in [0.4, 0.5) is 0 Å². The standard InChI is InChI=1S/C27H27N3O6/c1-16(19-10-4-7-13-22(19)31)28-25(34)29(17(2)20-11-5-8-14-23(20)32)27(36)30(26(28)35)18(3)21-12-6-9-15-24(21)33/h4-18,31-33H,1-3H3. The molecule has 3 aromatic carbocycles. The van der Waals surface area contributed by atoms with Gasteiger partial charge in [0.25, 0.3) is 0 Å². The Morgan fingerprint density at radius 3 is 0.917 bits per heavy atom. The van der Waals surface area contributed by atoms with Gasteiger partial charge in [0.15, 0.2) is 0 Å². The van der Waals surface area contributed by atoms with E-state index in [1.54, 1.807) is 75.4 Å². The van der Waals surface area contributed by atoms with E-state index in [1.807, 2.05) is 0 Å². The highest BCUT2D eigenvalue weighted by molar-refractivity contribution is 5.37. The van der Waals surface area contributed by atoms with Gasteiger partial charge in [0, 0.05) is 16.7 Å². The second-order valence-electron chi connectivity index (χ2n) is 8.66. The predicted octanol–water partition coefficient (Wildman–Crippen LogP) is 3.12. The second kappa shape index (κ2) is 9.61. The fourth-order valence-electron chi connectivity index (χ4n) is 4.53. The zero-order chi connectivity index (χ0) is 26.1. The fourth-order valence-corrected chi connectivity index (χ4v) is 4.53. The zero-order valence-corrected chi connectivity index (χ0v) is 20.1. The van der Waals surface area contributed by atoms with E-state index in [4.69, 9.17) is 0 Å². The number of benzene rings is 3. The van der Waals surface area contributed by atoms with Crippen LogP contribution < -0.4 is 17.1 Å². The first kappa shape index (κ1) is 24.6. The lowest BCUT2D eigenvalue weighted by molar-refractivity contribution is 0.382. The van der Waals surface area contributed by atoms with Crippen LogP contribution in [-0.2, 0) is 0 Å². The molecule has 4 rings (SSSR count). The maximum Gasteiger partial charge on any atom is 0.337 e. The number of phenolic OH excluding ortho intramolecular Hbond substituents is 3. The summed E-state index contributed by atoms with van der Waals surface area (Å²) in [6.07, 6.45) is 0. The molecule has 0 radical (unpaired) electrons. The molecular formula is C27H27N3O6. The molecule has 0 spiro atoms. The molecule has 9 nitrogen and oxygen atoms in total. The number of aromatic nitrogens is 3. The van der Waals surface area contributed by atoms with Gasteiger partial charge in [0.2, 0.25) is 0 Å². The van der Waals surface area contributed by atoms with Gasteiger partial charge in [-0.2, -0.15) is 0 Å². The van der Waals surface area contributed by atoms with E-state index < -0.39 is 35.2 Å². The maximum atomic E-state index is 13.7. The molecule has 3 unspecified atom stereocenters. The Morgan fingerprint density at radius 1 is 0.472 bits per heavy atom. The van der Waals surface area contributed by atoms with Crippen molar-refractivity contribution in [2.45, 2.75) is 38.9 Å². The predicted molar refractivity (Wildman–Crippen MR) is 135 cm³/mol. The van der Waals surface area contributed by atoms with E-state index in [0.29, 0.717) is 16.7 Å². The molecule has 1 heterocycles. The lowest BCUT2D eigenvalue weighted by atomic mass is 10.1. The Kier molecular flexibility index (Phi) is 6.57. The van der Waals surface area contributed by atoms with Crippen LogP contribution in [0, 0.1) is 0 Å². The maximum absolute atomic E-state index is 13.7. The molecule has 36 heavy (non-hydrogen) atoms. The summed E-state index contributed by atoms with van der Waals surface area (Å²) < 4.78 is 2.72. The van der Waals surface area contributed by atoms with Gasteiger partial charge in [-0.05, 0) is 39.0 Å². The van der Waals surface area contributed by atoms with E-state index in [0.717, 1.165) is 13.7 Å². The second-order valence-corrected chi connectivity index (χ2v) is 8.66. The SMILES string of the molecule is CC(c1ccccc1O)n1c(=O)n(C(C)c2ccccc2O)c(=O)n(C(C)c2ccccc2O)c1=O. The minimum Gasteiger partial charge on any atom is -0.508 e. The Morgan fingerprint density at radius 2 is 0.694 bits per heavy atom. The van der Waals surface area contributed by atoms with Crippen LogP contribution in [0.25, 0.3) is 0 Å². The number of rotatable bonds is 6. The summed E-state index contributed by atoms with van der Waals surface area (Å²) in [5.41, 5.74) is -1.72. The highest BCUT2D eigenvalue weighted by Crippen LogP contribution is 2.28. The summed E-state index contributed by atoms with van der Waals surface area (Å²) in [7, 11) is 0. The normalized spacial score (nSPS) is 13.8. The van der Waals surface area contributed by atoms with Gasteiger partial charge in [-0.1, -0.05) is 54.6 Å². The third-order valence-electron chi connectivity index (χ3n) is 6.56. The molecule has 0 saturated heterocycles. The van der Waals surface area contributed by atoms with Gasteiger partial charge in [0.05, 0.1) is 18.1 Å². The third kappa shape index (κ3) is 4.08. The largest absolute Gasteiger partial charge is 0.508 e. The molecule has 9 heteroatoms. The summed E-state index contributed by atoms with van der Waals surface area (Å²) in [5.74, 6) is -0.325. The van der Waals surface area contributed by atoms with E-state index in [2.05, 4.69) is 0 Å². The van der Waals surface area contributed by atoms with E-state index in [1.165, 1.54) is 18.2 Å². The van der Waals surface area contributed by atoms with Crippen molar-refractivity contribution in [3.63, 3.8) is 0 Å². The molecule has 0 bridgehead atoms. The van der Waals surface area contributed by atoms with Crippen LogP contribution in [-0.4, -0.2) is 29.0 Å². The summed E-state index contributed by atoms with van der Waals surface area (Å²) in [6.45, 7) is 4.73. The summed E-state index contributed by atoms with van der Waals surface area (Å²) in [4.78, 5) is 41.2. The highest BCUT2D eigenvalue weighted by atomic mass is 16.3. The van der Waals surface area contributed by atoms with Crippen molar-refractivity contribution in [1.82, 2.24) is 13.7 Å². The number of aromatic hydroxyl groups is 3. The number of nitrogens with zero attached hydrogens (tertiary/aromatic N) is 3. The first-order valence-electron chi connectivity index (χ1n) is 11.5. The average molecular weight is 490 g/mol. The van der Waals surface area contributed by atoms with Gasteiger partial charge >= 0.3 is 17.1 Å². The number of hydrogen-bond donors (Lipinski definition) is 3. The average Bonchev–Trinajstić information content (AvgIpc) is 2.84. The Balaban J connectivity index is 2.07. The van der Waals surface area contributed by atoms with Crippen LogP contribution in [0.2, 0.25) is 0 Å². The van der Waals surface area contributed by atoms with Crippen LogP contribution >= 0.6 is 0 Å². The monoisotopic (exact) mass is 489 g/mol. The molecule has 0 amide bonds. The zero-order valence-electron chi connectivity index (χ0n) is 20.1. The minimum atomic E-state index is -0.933. The highest BCUT2D eigenvalue weighted by Gasteiger charge is 2.28. The van der Waals surface area contributed by atoms with Crippen molar-refractivity contribution in [3.8, 4) is 17.2 Å². The van der Waals surface area contributed by atoms with Crippen LogP contribution in [0.15, 0.2) is 87.2 Å².